The summed E-state index contributed by atoms with van der Waals surface area (Å²) in [5, 5.41) is 5.64. The molecule has 0 radical (unpaired) electrons. The van der Waals surface area contributed by atoms with Gasteiger partial charge in [-0.2, -0.15) is 0 Å². The molecule has 1 saturated carbocycles. The van der Waals surface area contributed by atoms with Crippen molar-refractivity contribution in [2.24, 2.45) is 5.41 Å². The molecule has 24 heavy (non-hydrogen) atoms. The average Bonchev–Trinajstić information content (AvgIpc) is 3.37. The van der Waals surface area contributed by atoms with Crippen LogP contribution in [0.2, 0.25) is 0 Å². The van der Waals surface area contributed by atoms with E-state index in [0.717, 1.165) is 6.42 Å². The molecule has 1 atom stereocenters. The first kappa shape index (κ1) is 18.0. The zero-order valence-electron chi connectivity index (χ0n) is 14.3. The normalized spacial score (nSPS) is 16.0. The van der Waals surface area contributed by atoms with E-state index in [2.05, 4.69) is 10.6 Å². The number of carbonyl (C=O) groups is 3. The Morgan fingerprint density at radius 1 is 1.12 bits per heavy atom. The van der Waals surface area contributed by atoms with Gasteiger partial charge in [-0.3, -0.25) is 9.59 Å². The van der Waals surface area contributed by atoms with E-state index < -0.39 is 11.4 Å². The summed E-state index contributed by atoms with van der Waals surface area (Å²) in [6.45, 7) is 5.95. The van der Waals surface area contributed by atoms with Crippen molar-refractivity contribution < 1.29 is 19.1 Å². The summed E-state index contributed by atoms with van der Waals surface area (Å²) in [4.78, 5) is 36.4. The van der Waals surface area contributed by atoms with Crippen molar-refractivity contribution in [1.82, 2.24) is 5.32 Å². The van der Waals surface area contributed by atoms with Gasteiger partial charge >= 0.3 is 5.97 Å². The maximum absolute atomic E-state index is 12.5. The Morgan fingerprint density at radius 3 is 2.25 bits per heavy atom. The number of carbonyl (C=O) groups excluding carboxylic acids is 3. The monoisotopic (exact) mass is 332 g/mol. The lowest BCUT2D eigenvalue weighted by molar-refractivity contribution is -0.134. The third-order valence-electron chi connectivity index (χ3n) is 4.26. The molecule has 1 fully saturated rings. The largest absolute Gasteiger partial charge is 0.462 e. The molecule has 0 bridgehead atoms. The number of nitrogens with one attached hydrogen (secondary N) is 2. The lowest BCUT2D eigenvalue weighted by atomic mass is 10.0. The zero-order valence-corrected chi connectivity index (χ0v) is 14.3. The quantitative estimate of drug-likeness (QED) is 0.593. The summed E-state index contributed by atoms with van der Waals surface area (Å²) in [5.74, 6) is -0.911. The molecule has 1 aliphatic carbocycles. The van der Waals surface area contributed by atoms with Crippen LogP contribution in [0.15, 0.2) is 24.3 Å². The van der Waals surface area contributed by atoms with Crippen LogP contribution < -0.4 is 10.6 Å². The maximum Gasteiger partial charge on any atom is 0.338 e. The smallest absolute Gasteiger partial charge is 0.338 e. The standard InChI is InChI=1S/C18H24N2O4/c1-4-12(3)19-16(22)18(10-11-18)17(23)20-14-8-6-13(7-9-14)15(21)24-5-2/h6-9,12H,4-5,10-11H2,1-3H3,(H,19,22)(H,20,23). The first-order valence-corrected chi connectivity index (χ1v) is 8.32. The highest BCUT2D eigenvalue weighted by Gasteiger charge is 2.56. The molecule has 130 valence electrons. The van der Waals surface area contributed by atoms with Gasteiger partial charge < -0.3 is 15.4 Å². The second kappa shape index (κ2) is 7.47. The van der Waals surface area contributed by atoms with Gasteiger partial charge in [-0.15, -0.1) is 0 Å². The fourth-order valence-electron chi connectivity index (χ4n) is 2.30. The van der Waals surface area contributed by atoms with Crippen LogP contribution in [0.1, 0.15) is 50.4 Å². The van der Waals surface area contributed by atoms with E-state index in [-0.39, 0.29) is 17.9 Å². The number of amides is 2. The van der Waals surface area contributed by atoms with Crippen LogP contribution in [0.4, 0.5) is 5.69 Å². The summed E-state index contributed by atoms with van der Waals surface area (Å²) >= 11 is 0. The minimum Gasteiger partial charge on any atom is -0.462 e. The lowest BCUT2D eigenvalue weighted by Crippen LogP contribution is -2.43. The summed E-state index contributed by atoms with van der Waals surface area (Å²) < 4.78 is 4.91. The molecular weight excluding hydrogens is 308 g/mol. The Kier molecular flexibility index (Phi) is 5.59. The number of anilines is 1. The van der Waals surface area contributed by atoms with Crippen molar-refractivity contribution in [3.8, 4) is 0 Å². The number of hydrogen-bond donors (Lipinski definition) is 2. The predicted molar refractivity (Wildman–Crippen MR) is 90.6 cm³/mol. The highest BCUT2D eigenvalue weighted by atomic mass is 16.5. The van der Waals surface area contributed by atoms with Gasteiger partial charge in [0.2, 0.25) is 11.8 Å². The van der Waals surface area contributed by atoms with Crippen LogP contribution in [0.3, 0.4) is 0 Å². The molecule has 0 spiro atoms. The van der Waals surface area contributed by atoms with Gasteiger partial charge in [-0.1, -0.05) is 6.92 Å². The van der Waals surface area contributed by atoms with Crippen molar-refractivity contribution in [1.29, 1.82) is 0 Å². The van der Waals surface area contributed by atoms with E-state index in [4.69, 9.17) is 4.74 Å². The van der Waals surface area contributed by atoms with Gasteiger partial charge in [0.15, 0.2) is 0 Å². The number of esters is 1. The average molecular weight is 332 g/mol. The zero-order chi connectivity index (χ0) is 17.7. The van der Waals surface area contributed by atoms with Crippen molar-refractivity contribution in [2.75, 3.05) is 11.9 Å². The first-order chi connectivity index (χ1) is 11.4. The van der Waals surface area contributed by atoms with Gasteiger partial charge in [0.1, 0.15) is 5.41 Å². The van der Waals surface area contributed by atoms with E-state index in [1.165, 1.54) is 0 Å². The Bertz CT molecular complexity index is 620. The predicted octanol–water partition coefficient (Wildman–Crippen LogP) is 2.50. The fraction of sp³-hybridized carbons (Fsp3) is 0.500. The number of benzene rings is 1. The molecule has 2 N–H and O–H groups in total. The second-order valence-electron chi connectivity index (χ2n) is 6.12. The van der Waals surface area contributed by atoms with Crippen molar-refractivity contribution in [3.63, 3.8) is 0 Å². The van der Waals surface area contributed by atoms with Gasteiger partial charge in [0, 0.05) is 11.7 Å². The minimum atomic E-state index is -0.955. The molecule has 1 aromatic carbocycles. The fourth-order valence-corrected chi connectivity index (χ4v) is 2.30. The van der Waals surface area contributed by atoms with Crippen molar-refractivity contribution in [3.05, 3.63) is 29.8 Å². The molecule has 2 rings (SSSR count). The van der Waals surface area contributed by atoms with Crippen LogP contribution in [0, 0.1) is 5.41 Å². The second-order valence-corrected chi connectivity index (χ2v) is 6.12. The molecule has 1 unspecified atom stereocenters. The highest BCUT2D eigenvalue weighted by molar-refractivity contribution is 6.13. The third kappa shape index (κ3) is 3.93. The number of rotatable bonds is 7. The topological polar surface area (TPSA) is 84.5 Å². The summed E-state index contributed by atoms with van der Waals surface area (Å²) in [6, 6.07) is 6.49. The molecule has 0 aliphatic heterocycles. The molecule has 6 heteroatoms. The van der Waals surface area contributed by atoms with Crippen LogP contribution >= 0.6 is 0 Å². The summed E-state index contributed by atoms with van der Waals surface area (Å²) in [5.41, 5.74) is 0.0182. The SMILES string of the molecule is CCOC(=O)c1ccc(NC(=O)C2(C(=O)NC(C)CC)CC2)cc1. The van der Waals surface area contributed by atoms with Crippen molar-refractivity contribution in [2.45, 2.75) is 46.1 Å². The summed E-state index contributed by atoms with van der Waals surface area (Å²) in [7, 11) is 0. The minimum absolute atomic E-state index is 0.0478. The molecule has 0 heterocycles. The van der Waals surface area contributed by atoms with E-state index in [0.29, 0.717) is 30.7 Å². The molecule has 6 nitrogen and oxygen atoms in total. The van der Waals surface area contributed by atoms with Crippen molar-refractivity contribution >= 4 is 23.5 Å². The van der Waals surface area contributed by atoms with E-state index in [9.17, 15) is 14.4 Å². The molecule has 0 saturated heterocycles. The van der Waals surface area contributed by atoms with Gasteiger partial charge in [0.05, 0.1) is 12.2 Å². The Hall–Kier alpha value is -2.37. The Balaban J connectivity index is 1.99. The molecular formula is C18H24N2O4. The van der Waals surface area contributed by atoms with Gasteiger partial charge in [-0.05, 0) is 57.4 Å². The summed E-state index contributed by atoms with van der Waals surface area (Å²) in [6.07, 6.45) is 1.93. The van der Waals surface area contributed by atoms with Crippen LogP contribution in [-0.2, 0) is 14.3 Å². The van der Waals surface area contributed by atoms with Gasteiger partial charge in [0.25, 0.3) is 0 Å². The lowest BCUT2D eigenvalue weighted by Gasteiger charge is -2.18. The highest BCUT2D eigenvalue weighted by Crippen LogP contribution is 2.47. The van der Waals surface area contributed by atoms with Crippen LogP contribution in [-0.4, -0.2) is 30.4 Å². The molecule has 2 amide bonds. The number of hydrogen-bond acceptors (Lipinski definition) is 4. The third-order valence-corrected chi connectivity index (χ3v) is 4.26. The van der Waals surface area contributed by atoms with Gasteiger partial charge in [-0.25, -0.2) is 4.79 Å². The Morgan fingerprint density at radius 2 is 1.75 bits per heavy atom. The van der Waals surface area contributed by atoms with E-state index >= 15 is 0 Å². The van der Waals surface area contributed by atoms with Crippen LogP contribution in [0.25, 0.3) is 0 Å². The van der Waals surface area contributed by atoms with E-state index in [1.807, 2.05) is 13.8 Å². The number of ether oxygens (including phenoxy) is 1. The molecule has 1 aliphatic rings. The first-order valence-electron chi connectivity index (χ1n) is 8.32. The molecule has 0 aromatic heterocycles. The molecule has 1 aromatic rings. The maximum atomic E-state index is 12.5. The van der Waals surface area contributed by atoms with Crippen LogP contribution in [0.5, 0.6) is 0 Å². The Labute approximate surface area is 142 Å². The van der Waals surface area contributed by atoms with E-state index in [1.54, 1.807) is 31.2 Å².